The minimum Gasteiger partial charge on any atom is -0.388 e. The van der Waals surface area contributed by atoms with Crippen LogP contribution in [0.25, 0.3) is 11.2 Å². The van der Waals surface area contributed by atoms with Crippen LogP contribution in [0, 0.1) is 0 Å². The number of carbonyl (C=O) groups excluding carboxylic acids is 1. The van der Waals surface area contributed by atoms with Gasteiger partial charge >= 0.3 is 31.3 Å². The lowest BCUT2D eigenvalue weighted by Crippen LogP contribution is -2.46. The molecule has 1 fully saturated rings. The average molecular weight is 767 g/mol. The highest BCUT2D eigenvalue weighted by Gasteiger charge is 2.47. The second-order valence-electron chi connectivity index (χ2n) is 8.98. The minimum absolute atomic E-state index is 0.0426. The van der Waals surface area contributed by atoms with Crippen molar-refractivity contribution in [3.05, 3.63) is 12.7 Å². The molecule has 1 aliphatic heterocycles. The van der Waals surface area contributed by atoms with E-state index >= 15 is 0 Å². The fraction of sp³-hybridized carbons (Fsp3) is 0.625. The summed E-state index contributed by atoms with van der Waals surface area (Å²) in [6, 6.07) is 0. The van der Waals surface area contributed by atoms with E-state index in [9.17, 15) is 38.2 Å². The van der Waals surface area contributed by atoms with E-state index in [1.54, 1.807) is 0 Å². The number of nitrogens with two attached hydrogens (primary N) is 1. The van der Waals surface area contributed by atoms with Crippen molar-refractivity contribution in [1.29, 1.82) is 0 Å². The predicted molar refractivity (Wildman–Crippen MR) is 144 cm³/mol. The summed E-state index contributed by atoms with van der Waals surface area (Å²) < 4.78 is 66.0. The molecule has 31 heteroatoms. The van der Waals surface area contributed by atoms with Gasteiger partial charge in [0.25, 0.3) is 0 Å². The molecule has 27 nitrogen and oxygen atoms in total. The zero-order valence-electron chi connectivity index (χ0n) is 22.9. The zero-order chi connectivity index (χ0) is 36.1. The van der Waals surface area contributed by atoms with Gasteiger partial charge in [-0.1, -0.05) is 0 Å². The van der Waals surface area contributed by atoms with Gasteiger partial charge in [0.1, 0.15) is 54.6 Å². The number of anilines is 1. The molecule has 3 heterocycles. The highest BCUT2D eigenvalue weighted by atomic mass is 31.3. The van der Waals surface area contributed by atoms with E-state index in [0.29, 0.717) is 0 Å². The van der Waals surface area contributed by atoms with E-state index in [2.05, 4.69) is 32.6 Å². The molecule has 10 atom stereocenters. The molecule has 0 aliphatic carbocycles. The van der Waals surface area contributed by atoms with Crippen molar-refractivity contribution in [2.75, 3.05) is 18.9 Å². The number of aliphatic hydroxyl groups is 6. The maximum Gasteiger partial charge on any atom is 0.490 e. The number of aliphatic hydroxyl groups excluding tert-OH is 6. The van der Waals surface area contributed by atoms with E-state index in [0.717, 1.165) is 6.33 Å². The standard InChI is InChI=1S/C10H16N5O13P3.C6H13O9P/c11-8-5-9(13-2-12-8)15(3-14-5)10-7(17)6(16)4(26-10)1-25-30(21,22)28-31(23,24)27-29(18,19)20;7-1-3(8)5(10)6(11)4(9)2-15-16(12,13)14/h2-4,6-7,10,16-17H,1H2,(H,21,22)(H,23,24)(H2,11,12,13)(H2,18,19,20);1,3-6,8-11H,2H2,(H2,12,13,14)/t4-,6-,7-,10-;3-,4+,5+,6+/m10/s1. The van der Waals surface area contributed by atoms with Crippen molar-refractivity contribution < 1.29 is 105 Å². The average Bonchev–Trinajstić information content (AvgIpc) is 3.48. The zero-order valence-corrected chi connectivity index (χ0v) is 26.4. The largest absolute Gasteiger partial charge is 0.490 e. The molecule has 270 valence electrons. The minimum atomic E-state index is -5.70. The van der Waals surface area contributed by atoms with Crippen LogP contribution in [0.2, 0.25) is 0 Å². The molecule has 1 saturated heterocycles. The normalized spacial score (nSPS) is 25.5. The van der Waals surface area contributed by atoms with E-state index in [-0.39, 0.29) is 23.3 Å². The molecule has 1 aliphatic rings. The van der Waals surface area contributed by atoms with E-state index in [4.69, 9.17) is 55.4 Å². The number of ether oxygens (including phenoxy) is 1. The fourth-order valence-corrected chi connectivity index (χ4v) is 6.78. The van der Waals surface area contributed by atoms with Crippen molar-refractivity contribution in [3.8, 4) is 0 Å². The number of hydrogen-bond acceptors (Lipinski definition) is 20. The monoisotopic (exact) mass is 767 g/mol. The van der Waals surface area contributed by atoms with Crippen LogP contribution in [0.4, 0.5) is 5.82 Å². The third-order valence-electron chi connectivity index (χ3n) is 5.46. The lowest BCUT2D eigenvalue weighted by molar-refractivity contribution is -0.136. The van der Waals surface area contributed by atoms with Crippen molar-refractivity contribution in [2.24, 2.45) is 0 Å². The van der Waals surface area contributed by atoms with Crippen LogP contribution in [0.5, 0.6) is 0 Å². The van der Waals surface area contributed by atoms with Crippen LogP contribution in [0.3, 0.4) is 0 Å². The van der Waals surface area contributed by atoms with Crippen LogP contribution in [0.1, 0.15) is 6.23 Å². The first kappa shape index (κ1) is 41.4. The summed E-state index contributed by atoms with van der Waals surface area (Å²) in [5.41, 5.74) is 6.00. The number of hydrogen-bond donors (Lipinski definition) is 13. The number of phosphoric acid groups is 4. The number of phosphoric ester groups is 2. The molecule has 3 rings (SSSR count). The topological polar surface area (TPSA) is 444 Å². The van der Waals surface area contributed by atoms with Crippen molar-refractivity contribution in [3.63, 3.8) is 0 Å². The first-order chi connectivity index (χ1) is 21.4. The fourth-order valence-electron chi connectivity index (χ4n) is 3.41. The van der Waals surface area contributed by atoms with Gasteiger partial charge in [-0.15, -0.1) is 0 Å². The van der Waals surface area contributed by atoms with Gasteiger partial charge in [0, 0.05) is 0 Å². The molecule has 0 saturated carbocycles. The molecular weight excluding hydrogens is 738 g/mol. The molecule has 0 amide bonds. The molecule has 2 aromatic heterocycles. The highest BCUT2D eigenvalue weighted by molar-refractivity contribution is 7.66. The van der Waals surface area contributed by atoms with Crippen molar-refractivity contribution in [1.82, 2.24) is 19.5 Å². The Kier molecular flexibility index (Phi) is 14.4. The Bertz CT molecular complexity index is 1550. The summed E-state index contributed by atoms with van der Waals surface area (Å²) in [5.74, 6) is 0.0426. The molecule has 0 spiro atoms. The van der Waals surface area contributed by atoms with Crippen LogP contribution in [0.15, 0.2) is 12.7 Å². The number of aromatic nitrogens is 4. The Morgan fingerprint density at radius 3 is 2.04 bits per heavy atom. The van der Waals surface area contributed by atoms with Gasteiger partial charge in [-0.2, -0.15) is 8.62 Å². The Labute approximate surface area is 260 Å². The van der Waals surface area contributed by atoms with E-state index < -0.39 is 93.5 Å². The first-order valence-electron chi connectivity index (χ1n) is 12.0. The second-order valence-corrected chi connectivity index (χ2v) is 14.6. The molecule has 47 heavy (non-hydrogen) atoms. The van der Waals surface area contributed by atoms with Gasteiger partial charge in [-0.3, -0.25) is 13.6 Å². The van der Waals surface area contributed by atoms with Gasteiger partial charge in [0.15, 0.2) is 24.0 Å². The molecule has 2 unspecified atom stereocenters. The molecular formula is C16H29N5O22P4. The number of imidazole rings is 1. The van der Waals surface area contributed by atoms with Gasteiger partial charge in [0.2, 0.25) is 0 Å². The van der Waals surface area contributed by atoms with E-state index in [1.807, 2.05) is 0 Å². The maximum atomic E-state index is 11.8. The van der Waals surface area contributed by atoms with Crippen LogP contribution in [-0.4, -0.2) is 142 Å². The second kappa shape index (κ2) is 16.3. The quantitative estimate of drug-likeness (QED) is 0.0596. The third-order valence-corrected chi connectivity index (χ3v) is 9.75. The predicted octanol–water partition coefficient (Wildman–Crippen LogP) is -4.89. The van der Waals surface area contributed by atoms with Crippen molar-refractivity contribution >= 4 is 54.6 Å². The van der Waals surface area contributed by atoms with Gasteiger partial charge in [0.05, 0.1) is 19.5 Å². The van der Waals surface area contributed by atoms with Crippen LogP contribution >= 0.6 is 31.3 Å². The summed E-state index contributed by atoms with van der Waals surface area (Å²) in [6.07, 6.45) is -11.5. The Morgan fingerprint density at radius 2 is 1.49 bits per heavy atom. The molecule has 2 aromatic rings. The summed E-state index contributed by atoms with van der Waals surface area (Å²) in [7, 11) is -21.5. The molecule has 0 bridgehead atoms. The summed E-state index contributed by atoms with van der Waals surface area (Å²) in [5, 5.41) is 56.5. The number of aldehydes is 1. The molecule has 14 N–H and O–H groups in total. The number of rotatable bonds is 15. The summed E-state index contributed by atoms with van der Waals surface area (Å²) in [4.78, 5) is 73.8. The molecule has 0 radical (unpaired) electrons. The lowest BCUT2D eigenvalue weighted by atomic mass is 10.0. The summed E-state index contributed by atoms with van der Waals surface area (Å²) >= 11 is 0. The Balaban J connectivity index is 0.000000407. The Morgan fingerprint density at radius 1 is 0.872 bits per heavy atom. The third kappa shape index (κ3) is 12.6. The van der Waals surface area contributed by atoms with Gasteiger partial charge in [-0.05, 0) is 0 Å². The number of carbonyl (C=O) groups is 1. The smallest absolute Gasteiger partial charge is 0.388 e. The Hall–Kier alpha value is -1.74. The number of fused-ring (bicyclic) bond motifs is 1. The summed E-state index contributed by atoms with van der Waals surface area (Å²) in [6.45, 7) is -1.92. The van der Waals surface area contributed by atoms with Crippen LogP contribution in [-0.2, 0) is 45.5 Å². The van der Waals surface area contributed by atoms with Gasteiger partial charge < -0.3 is 75.3 Å². The lowest BCUT2D eigenvalue weighted by Gasteiger charge is -2.23. The first-order valence-corrected chi connectivity index (χ1v) is 18.0. The number of nitrogens with zero attached hydrogens (tertiary/aromatic N) is 4. The SMILES string of the molecule is Nc1ncnc2c1ncn2[C@@H]1O[C@H](COP(=O)(O)OP(=O)(O)OP(=O)(O)O)[C@@H](O)[C@H]1O.O=C[C@H](O)[C@@H](O)[C@H](O)[C@H](O)COP(=O)(O)O. The number of nitrogen functional groups attached to an aromatic ring is 1. The van der Waals surface area contributed by atoms with Crippen molar-refractivity contribution in [2.45, 2.75) is 49.0 Å². The van der Waals surface area contributed by atoms with Crippen LogP contribution < -0.4 is 5.73 Å². The maximum absolute atomic E-state index is 11.8. The van der Waals surface area contributed by atoms with E-state index in [1.165, 1.54) is 10.9 Å². The van der Waals surface area contributed by atoms with Gasteiger partial charge in [-0.25, -0.2) is 33.2 Å². The highest BCUT2D eigenvalue weighted by Crippen LogP contribution is 2.66. The molecule has 0 aromatic carbocycles.